The number of hydrogen-bond donors (Lipinski definition) is 1. The van der Waals surface area contributed by atoms with E-state index in [9.17, 15) is 4.79 Å². The number of rotatable bonds is 4. The molecule has 0 saturated carbocycles. The summed E-state index contributed by atoms with van der Waals surface area (Å²) in [6.07, 6.45) is 4.36. The summed E-state index contributed by atoms with van der Waals surface area (Å²) in [6.45, 7) is 1.87. The van der Waals surface area contributed by atoms with Gasteiger partial charge in [-0.2, -0.15) is 0 Å². The molecule has 0 aliphatic rings. The zero-order valence-electron chi connectivity index (χ0n) is 6.99. The lowest BCUT2D eigenvalue weighted by atomic mass is 9.99. The van der Waals surface area contributed by atoms with Gasteiger partial charge in [0.25, 0.3) is 0 Å². The van der Waals surface area contributed by atoms with Gasteiger partial charge >= 0.3 is 5.97 Å². The van der Waals surface area contributed by atoms with E-state index in [2.05, 4.69) is 0 Å². The first-order valence-corrected chi connectivity index (χ1v) is 3.98. The second-order valence-electron chi connectivity index (χ2n) is 2.78. The van der Waals surface area contributed by atoms with Crippen LogP contribution in [0.15, 0.2) is 23.0 Å². The molecule has 1 aromatic rings. The van der Waals surface area contributed by atoms with Gasteiger partial charge < -0.3 is 9.52 Å². The lowest BCUT2D eigenvalue weighted by Crippen LogP contribution is -2.14. The van der Waals surface area contributed by atoms with Crippen LogP contribution in [-0.2, 0) is 11.2 Å². The topological polar surface area (TPSA) is 50.4 Å². The fourth-order valence-corrected chi connectivity index (χ4v) is 1.10. The molecule has 66 valence electrons. The second-order valence-corrected chi connectivity index (χ2v) is 2.78. The van der Waals surface area contributed by atoms with E-state index < -0.39 is 5.97 Å². The normalized spacial score (nSPS) is 12.8. The molecule has 0 amide bonds. The van der Waals surface area contributed by atoms with E-state index in [4.69, 9.17) is 9.52 Å². The summed E-state index contributed by atoms with van der Waals surface area (Å²) in [5, 5.41) is 8.74. The Morgan fingerprint density at radius 3 is 2.92 bits per heavy atom. The van der Waals surface area contributed by atoms with E-state index in [1.165, 1.54) is 0 Å². The fraction of sp³-hybridized carbons (Fsp3) is 0.444. The molecule has 1 rings (SSSR count). The molecule has 0 spiro atoms. The van der Waals surface area contributed by atoms with Gasteiger partial charge in [-0.15, -0.1) is 0 Å². The minimum atomic E-state index is -0.737. The van der Waals surface area contributed by atoms with Gasteiger partial charge in [0.1, 0.15) is 0 Å². The van der Waals surface area contributed by atoms with Gasteiger partial charge in [0.2, 0.25) is 0 Å². The number of carbonyl (C=O) groups is 1. The molecular weight excluding hydrogens is 156 g/mol. The first kappa shape index (κ1) is 8.84. The van der Waals surface area contributed by atoms with E-state index in [1.807, 2.05) is 6.92 Å². The zero-order valence-corrected chi connectivity index (χ0v) is 6.99. The molecule has 0 aliphatic carbocycles. The zero-order chi connectivity index (χ0) is 8.97. The Morgan fingerprint density at radius 1 is 1.75 bits per heavy atom. The molecule has 0 radical (unpaired) electrons. The van der Waals surface area contributed by atoms with Crippen LogP contribution >= 0.6 is 0 Å². The van der Waals surface area contributed by atoms with Crippen molar-refractivity contribution < 1.29 is 14.3 Å². The Balaban J connectivity index is 2.54. The molecule has 1 atom stereocenters. The van der Waals surface area contributed by atoms with Crippen molar-refractivity contribution in [3.8, 4) is 0 Å². The highest BCUT2D eigenvalue weighted by molar-refractivity contribution is 5.70. The standard InChI is InChI=1S/C9H12O3/c1-2-8(9(10)11)5-7-3-4-12-6-7/h3-4,6,8H,2,5H2,1H3,(H,10,11)/t8-/m1/s1. The molecule has 3 heteroatoms. The van der Waals surface area contributed by atoms with Crippen molar-refractivity contribution in [2.24, 2.45) is 5.92 Å². The Hall–Kier alpha value is -1.25. The van der Waals surface area contributed by atoms with Crippen LogP contribution in [0.25, 0.3) is 0 Å². The van der Waals surface area contributed by atoms with Crippen molar-refractivity contribution in [3.05, 3.63) is 24.2 Å². The summed E-state index contributed by atoms with van der Waals surface area (Å²) in [5.74, 6) is -1.03. The fourth-order valence-electron chi connectivity index (χ4n) is 1.10. The summed E-state index contributed by atoms with van der Waals surface area (Å²) in [5.41, 5.74) is 0.948. The van der Waals surface area contributed by atoms with E-state index in [0.29, 0.717) is 12.8 Å². The number of aliphatic carboxylic acids is 1. The first-order chi connectivity index (χ1) is 5.74. The minimum Gasteiger partial charge on any atom is -0.481 e. The van der Waals surface area contributed by atoms with Crippen molar-refractivity contribution in [3.63, 3.8) is 0 Å². The number of carboxylic acids is 1. The Labute approximate surface area is 71.0 Å². The smallest absolute Gasteiger partial charge is 0.306 e. The lowest BCUT2D eigenvalue weighted by Gasteiger charge is -2.06. The van der Waals surface area contributed by atoms with E-state index in [0.717, 1.165) is 5.56 Å². The largest absolute Gasteiger partial charge is 0.481 e. The van der Waals surface area contributed by atoms with Gasteiger partial charge in [0.15, 0.2) is 0 Å². The van der Waals surface area contributed by atoms with E-state index >= 15 is 0 Å². The van der Waals surface area contributed by atoms with Gasteiger partial charge in [-0.1, -0.05) is 6.92 Å². The highest BCUT2D eigenvalue weighted by atomic mass is 16.4. The van der Waals surface area contributed by atoms with Crippen molar-refractivity contribution >= 4 is 5.97 Å². The SMILES string of the molecule is CC[C@H](Cc1ccoc1)C(=O)O. The average Bonchev–Trinajstić information content (AvgIpc) is 2.51. The van der Waals surface area contributed by atoms with Crippen molar-refractivity contribution in [2.45, 2.75) is 19.8 Å². The minimum absolute atomic E-state index is 0.289. The molecule has 0 fully saturated rings. The summed E-state index contributed by atoms with van der Waals surface area (Å²) in [7, 11) is 0. The first-order valence-electron chi connectivity index (χ1n) is 3.98. The van der Waals surface area contributed by atoms with Crippen LogP contribution in [-0.4, -0.2) is 11.1 Å². The van der Waals surface area contributed by atoms with Crippen molar-refractivity contribution in [1.82, 2.24) is 0 Å². The van der Waals surface area contributed by atoms with Gasteiger partial charge in [-0.3, -0.25) is 4.79 Å². The third-order valence-corrected chi connectivity index (χ3v) is 1.90. The lowest BCUT2D eigenvalue weighted by molar-refractivity contribution is -0.141. The van der Waals surface area contributed by atoms with Crippen LogP contribution < -0.4 is 0 Å². The third-order valence-electron chi connectivity index (χ3n) is 1.90. The van der Waals surface area contributed by atoms with Crippen LogP contribution in [0.2, 0.25) is 0 Å². The molecule has 3 nitrogen and oxygen atoms in total. The van der Waals surface area contributed by atoms with Crippen LogP contribution in [0.3, 0.4) is 0 Å². The summed E-state index contributed by atoms with van der Waals surface area (Å²) in [6, 6.07) is 1.80. The maximum atomic E-state index is 10.6. The predicted octanol–water partition coefficient (Wildman–Crippen LogP) is 1.93. The van der Waals surface area contributed by atoms with Gasteiger partial charge in [0, 0.05) is 0 Å². The summed E-state index contributed by atoms with van der Waals surface area (Å²) >= 11 is 0. The number of hydrogen-bond acceptors (Lipinski definition) is 2. The van der Waals surface area contributed by atoms with Gasteiger partial charge in [0.05, 0.1) is 18.4 Å². The highest BCUT2D eigenvalue weighted by Crippen LogP contribution is 2.12. The van der Waals surface area contributed by atoms with Crippen molar-refractivity contribution in [1.29, 1.82) is 0 Å². The van der Waals surface area contributed by atoms with Crippen LogP contribution in [0.1, 0.15) is 18.9 Å². The van der Waals surface area contributed by atoms with Crippen LogP contribution in [0, 0.1) is 5.92 Å². The number of furan rings is 1. The van der Waals surface area contributed by atoms with Crippen LogP contribution in [0.5, 0.6) is 0 Å². The third kappa shape index (κ3) is 2.12. The molecule has 1 aromatic heterocycles. The quantitative estimate of drug-likeness (QED) is 0.747. The van der Waals surface area contributed by atoms with E-state index in [-0.39, 0.29) is 5.92 Å². The maximum absolute atomic E-state index is 10.6. The molecule has 0 bridgehead atoms. The summed E-state index contributed by atoms with van der Waals surface area (Å²) < 4.78 is 4.85. The Morgan fingerprint density at radius 2 is 2.50 bits per heavy atom. The highest BCUT2D eigenvalue weighted by Gasteiger charge is 2.15. The maximum Gasteiger partial charge on any atom is 0.306 e. The second kappa shape index (κ2) is 3.95. The average molecular weight is 168 g/mol. The Bertz CT molecular complexity index is 238. The molecule has 12 heavy (non-hydrogen) atoms. The molecule has 0 aromatic carbocycles. The molecule has 0 aliphatic heterocycles. The van der Waals surface area contributed by atoms with Gasteiger partial charge in [-0.05, 0) is 24.5 Å². The monoisotopic (exact) mass is 168 g/mol. The summed E-state index contributed by atoms with van der Waals surface area (Å²) in [4.78, 5) is 10.6. The molecule has 1 heterocycles. The van der Waals surface area contributed by atoms with E-state index in [1.54, 1.807) is 18.6 Å². The predicted molar refractivity (Wildman–Crippen MR) is 43.8 cm³/mol. The molecule has 0 saturated heterocycles. The Kier molecular flexibility index (Phi) is 2.91. The molecule has 1 N–H and O–H groups in total. The molecule has 0 unspecified atom stereocenters. The molecular formula is C9H12O3. The van der Waals surface area contributed by atoms with Crippen molar-refractivity contribution in [2.75, 3.05) is 0 Å². The number of carboxylic acid groups (broad SMARTS) is 1. The van der Waals surface area contributed by atoms with Gasteiger partial charge in [-0.25, -0.2) is 0 Å². The van der Waals surface area contributed by atoms with Crippen LogP contribution in [0.4, 0.5) is 0 Å².